The summed E-state index contributed by atoms with van der Waals surface area (Å²) in [7, 11) is 0. The maximum atomic E-state index is 13.5. The molecule has 1 heterocycles. The number of hydrogen-bond acceptors (Lipinski definition) is 3. The molecule has 1 saturated heterocycles. The monoisotopic (exact) mass is 302 g/mol. The first kappa shape index (κ1) is 15.8. The molecule has 2 atom stereocenters. The van der Waals surface area contributed by atoms with Crippen molar-refractivity contribution >= 4 is 5.97 Å². The van der Waals surface area contributed by atoms with Gasteiger partial charge in [0.05, 0.1) is 6.61 Å². The normalized spacial score (nSPS) is 25.9. The van der Waals surface area contributed by atoms with Crippen LogP contribution in [-0.4, -0.2) is 24.9 Å². The van der Waals surface area contributed by atoms with Gasteiger partial charge in [0.1, 0.15) is 0 Å². The number of alkyl halides is 3. The van der Waals surface area contributed by atoms with E-state index in [-0.39, 0.29) is 25.0 Å². The van der Waals surface area contributed by atoms with Crippen LogP contribution in [0.1, 0.15) is 30.9 Å². The molecule has 1 aromatic carbocycles. The first-order chi connectivity index (χ1) is 9.80. The molecule has 0 bridgehead atoms. The van der Waals surface area contributed by atoms with Gasteiger partial charge in [-0.1, -0.05) is 29.8 Å². The third-order valence-corrected chi connectivity index (χ3v) is 3.63. The van der Waals surface area contributed by atoms with Crippen molar-refractivity contribution in [3.05, 3.63) is 35.4 Å². The summed E-state index contributed by atoms with van der Waals surface area (Å²) in [4.78, 5) is 11.6. The summed E-state index contributed by atoms with van der Waals surface area (Å²) in [6.45, 7) is 3.51. The highest BCUT2D eigenvalue weighted by Gasteiger charge is 2.62. The lowest BCUT2D eigenvalue weighted by Crippen LogP contribution is -2.43. The summed E-state index contributed by atoms with van der Waals surface area (Å²) >= 11 is 0. The van der Waals surface area contributed by atoms with E-state index in [1.54, 1.807) is 26.0 Å². The number of aryl methyl sites for hydroxylation is 1. The van der Waals surface area contributed by atoms with Crippen LogP contribution in [0.3, 0.4) is 0 Å². The van der Waals surface area contributed by atoms with Gasteiger partial charge in [0.2, 0.25) is 0 Å². The van der Waals surface area contributed by atoms with E-state index in [4.69, 9.17) is 9.47 Å². The Kier molecular flexibility index (Phi) is 4.27. The van der Waals surface area contributed by atoms with Gasteiger partial charge in [-0.2, -0.15) is 13.2 Å². The second-order valence-corrected chi connectivity index (χ2v) is 5.09. The molecule has 6 heteroatoms. The lowest BCUT2D eigenvalue weighted by molar-refractivity contribution is -0.277. The van der Waals surface area contributed by atoms with Gasteiger partial charge in [0.25, 0.3) is 0 Å². The molecule has 3 nitrogen and oxygen atoms in total. The molecule has 0 saturated carbocycles. The van der Waals surface area contributed by atoms with Gasteiger partial charge in [0, 0.05) is 0 Å². The highest BCUT2D eigenvalue weighted by atomic mass is 19.4. The molecule has 0 spiro atoms. The van der Waals surface area contributed by atoms with E-state index >= 15 is 0 Å². The number of benzene rings is 1. The molecule has 1 fully saturated rings. The molecule has 1 aliphatic heterocycles. The number of rotatable bonds is 3. The van der Waals surface area contributed by atoms with Crippen molar-refractivity contribution in [3.63, 3.8) is 0 Å². The van der Waals surface area contributed by atoms with Gasteiger partial charge in [-0.05, 0) is 32.3 Å². The molecule has 116 valence electrons. The Bertz CT molecular complexity index is 510. The summed E-state index contributed by atoms with van der Waals surface area (Å²) in [6.07, 6.45) is -6.06. The molecule has 0 radical (unpaired) electrons. The van der Waals surface area contributed by atoms with Crippen LogP contribution in [0.5, 0.6) is 0 Å². The SMILES string of the molecule is CCOC(=O)[C@@H]1CC[C@](c2ccc(C)cc2)(C(F)(F)F)O1. The van der Waals surface area contributed by atoms with E-state index in [0.717, 1.165) is 5.56 Å². The fraction of sp³-hybridized carbons (Fsp3) is 0.533. The highest BCUT2D eigenvalue weighted by Crippen LogP contribution is 2.50. The Balaban J connectivity index is 2.33. The zero-order valence-electron chi connectivity index (χ0n) is 11.9. The van der Waals surface area contributed by atoms with Gasteiger partial charge >= 0.3 is 12.1 Å². The second kappa shape index (κ2) is 5.67. The first-order valence-corrected chi connectivity index (χ1v) is 6.78. The molecule has 21 heavy (non-hydrogen) atoms. The Hall–Kier alpha value is -1.56. The number of carbonyl (C=O) groups is 1. The van der Waals surface area contributed by atoms with E-state index in [9.17, 15) is 18.0 Å². The first-order valence-electron chi connectivity index (χ1n) is 6.78. The molecule has 1 aromatic rings. The molecule has 0 amide bonds. The predicted molar refractivity (Wildman–Crippen MR) is 69.7 cm³/mol. The van der Waals surface area contributed by atoms with Crippen LogP contribution >= 0.6 is 0 Å². The van der Waals surface area contributed by atoms with Gasteiger partial charge in [-0.15, -0.1) is 0 Å². The second-order valence-electron chi connectivity index (χ2n) is 5.09. The van der Waals surface area contributed by atoms with Crippen LogP contribution in [0.25, 0.3) is 0 Å². The Morgan fingerprint density at radius 3 is 2.52 bits per heavy atom. The number of esters is 1. The molecule has 2 rings (SSSR count). The number of carbonyl (C=O) groups excluding carboxylic acids is 1. The minimum absolute atomic E-state index is 0.00772. The summed E-state index contributed by atoms with van der Waals surface area (Å²) in [6, 6.07) is 6.00. The smallest absolute Gasteiger partial charge is 0.421 e. The molecular weight excluding hydrogens is 285 g/mol. The topological polar surface area (TPSA) is 35.5 Å². The highest BCUT2D eigenvalue weighted by molar-refractivity contribution is 5.75. The van der Waals surface area contributed by atoms with Gasteiger partial charge in [-0.3, -0.25) is 0 Å². The molecule has 0 aliphatic carbocycles. The Labute approximate surface area is 121 Å². The van der Waals surface area contributed by atoms with Crippen molar-refractivity contribution in [3.8, 4) is 0 Å². The maximum absolute atomic E-state index is 13.5. The van der Waals surface area contributed by atoms with Crippen LogP contribution in [-0.2, 0) is 19.9 Å². The van der Waals surface area contributed by atoms with E-state index in [2.05, 4.69) is 0 Å². The maximum Gasteiger partial charge on any atom is 0.421 e. The molecule has 0 N–H and O–H groups in total. The van der Waals surface area contributed by atoms with Crippen molar-refractivity contribution in [2.75, 3.05) is 6.61 Å². The van der Waals surface area contributed by atoms with Crippen molar-refractivity contribution < 1.29 is 27.4 Å². The average Bonchev–Trinajstić information content (AvgIpc) is 2.86. The number of hydrogen-bond donors (Lipinski definition) is 0. The minimum Gasteiger partial charge on any atom is -0.464 e. The summed E-state index contributed by atoms with van der Waals surface area (Å²) in [5.74, 6) is -0.740. The van der Waals surface area contributed by atoms with Crippen LogP contribution in [0.4, 0.5) is 13.2 Å². The third-order valence-electron chi connectivity index (χ3n) is 3.63. The van der Waals surface area contributed by atoms with Crippen molar-refractivity contribution in [1.29, 1.82) is 0 Å². The van der Waals surface area contributed by atoms with Crippen molar-refractivity contribution in [1.82, 2.24) is 0 Å². The van der Waals surface area contributed by atoms with Crippen molar-refractivity contribution in [2.45, 2.75) is 44.6 Å². The summed E-state index contributed by atoms with van der Waals surface area (Å²) < 4.78 is 50.6. The average molecular weight is 302 g/mol. The lowest BCUT2D eigenvalue weighted by atomic mass is 9.89. The largest absolute Gasteiger partial charge is 0.464 e. The minimum atomic E-state index is -4.59. The quantitative estimate of drug-likeness (QED) is 0.802. The third kappa shape index (κ3) is 2.90. The van der Waals surface area contributed by atoms with Gasteiger partial charge in [-0.25, -0.2) is 4.79 Å². The fourth-order valence-corrected chi connectivity index (χ4v) is 2.50. The van der Waals surface area contributed by atoms with Gasteiger partial charge < -0.3 is 9.47 Å². The van der Waals surface area contributed by atoms with Crippen LogP contribution < -0.4 is 0 Å². The zero-order chi connectivity index (χ0) is 15.7. The lowest BCUT2D eigenvalue weighted by Gasteiger charge is -2.32. The van der Waals surface area contributed by atoms with Gasteiger partial charge in [0.15, 0.2) is 11.7 Å². The van der Waals surface area contributed by atoms with Crippen LogP contribution in [0.2, 0.25) is 0 Å². The zero-order valence-corrected chi connectivity index (χ0v) is 11.9. The fourth-order valence-electron chi connectivity index (χ4n) is 2.50. The Morgan fingerprint density at radius 2 is 2.00 bits per heavy atom. The summed E-state index contributed by atoms with van der Waals surface area (Å²) in [5, 5.41) is 0. The molecule has 1 aliphatic rings. The summed E-state index contributed by atoms with van der Waals surface area (Å²) in [5.41, 5.74) is -1.55. The number of halogens is 3. The predicted octanol–water partition coefficient (Wildman–Crippen LogP) is 3.49. The molecular formula is C15H17F3O3. The molecule has 0 aromatic heterocycles. The molecule has 0 unspecified atom stereocenters. The van der Waals surface area contributed by atoms with E-state index in [1.165, 1.54) is 12.1 Å². The standard InChI is InChI=1S/C15H17F3O3/c1-3-20-13(19)12-8-9-14(21-12,15(16,17)18)11-6-4-10(2)5-7-11/h4-7,12H,3,8-9H2,1-2H3/t12-,14-/m0/s1. The van der Waals surface area contributed by atoms with E-state index < -0.39 is 23.9 Å². The Morgan fingerprint density at radius 1 is 1.38 bits per heavy atom. The number of ether oxygens (including phenoxy) is 2. The van der Waals surface area contributed by atoms with E-state index in [0.29, 0.717) is 0 Å². The van der Waals surface area contributed by atoms with Crippen molar-refractivity contribution in [2.24, 2.45) is 0 Å². The van der Waals surface area contributed by atoms with Crippen LogP contribution in [0.15, 0.2) is 24.3 Å². The van der Waals surface area contributed by atoms with Crippen LogP contribution in [0, 0.1) is 6.92 Å². The van der Waals surface area contributed by atoms with E-state index in [1.807, 2.05) is 0 Å².